The van der Waals surface area contributed by atoms with E-state index in [4.69, 9.17) is 10.00 Å². The fourth-order valence-electron chi connectivity index (χ4n) is 2.16. The van der Waals surface area contributed by atoms with E-state index in [1.807, 2.05) is 30.3 Å². The summed E-state index contributed by atoms with van der Waals surface area (Å²) in [7, 11) is -3.82. The molecule has 0 unspecified atom stereocenters. The van der Waals surface area contributed by atoms with Gasteiger partial charge in [-0.3, -0.25) is 0 Å². The number of esters is 1. The van der Waals surface area contributed by atoms with Crippen molar-refractivity contribution in [1.82, 2.24) is 4.72 Å². The van der Waals surface area contributed by atoms with Crippen molar-refractivity contribution in [1.29, 1.82) is 5.26 Å². The van der Waals surface area contributed by atoms with Crippen molar-refractivity contribution in [2.24, 2.45) is 0 Å². The number of nitrogens with zero attached hydrogens (tertiary/aromatic N) is 1. The van der Waals surface area contributed by atoms with E-state index < -0.39 is 28.1 Å². The van der Waals surface area contributed by atoms with Crippen LogP contribution in [-0.4, -0.2) is 20.5 Å². The van der Waals surface area contributed by atoms with Gasteiger partial charge in [-0.15, -0.1) is 0 Å². The summed E-state index contributed by atoms with van der Waals surface area (Å²) in [5, 5.41) is 8.69. The van der Waals surface area contributed by atoms with Crippen molar-refractivity contribution in [3.63, 3.8) is 0 Å². The number of nitrogens with one attached hydrogen (secondary N) is 1. The molecule has 0 heterocycles. The maximum atomic E-state index is 12.6. The van der Waals surface area contributed by atoms with Crippen molar-refractivity contribution >= 4 is 16.0 Å². The second-order valence-electron chi connectivity index (χ2n) is 5.46. The summed E-state index contributed by atoms with van der Waals surface area (Å²) in [6.07, 6.45) is -0.913. The zero-order chi connectivity index (χ0) is 18.4. The van der Waals surface area contributed by atoms with Gasteiger partial charge in [0, 0.05) is 6.04 Å². The van der Waals surface area contributed by atoms with Gasteiger partial charge in [0.1, 0.15) is 6.07 Å². The lowest BCUT2D eigenvalue weighted by Crippen LogP contribution is -2.27. The van der Waals surface area contributed by atoms with Crippen LogP contribution in [0.1, 0.15) is 35.8 Å². The van der Waals surface area contributed by atoms with Gasteiger partial charge in [0.2, 0.25) is 10.0 Å². The zero-order valence-electron chi connectivity index (χ0n) is 13.8. The molecule has 2 aromatic carbocycles. The summed E-state index contributed by atoms with van der Waals surface area (Å²) >= 11 is 0. The van der Waals surface area contributed by atoms with Crippen LogP contribution in [0.3, 0.4) is 0 Å². The van der Waals surface area contributed by atoms with E-state index in [0.717, 1.165) is 5.56 Å². The van der Waals surface area contributed by atoms with Gasteiger partial charge in [0.05, 0.1) is 10.5 Å². The average Bonchev–Trinajstić information content (AvgIpc) is 2.62. The van der Waals surface area contributed by atoms with Gasteiger partial charge in [0.15, 0.2) is 6.10 Å². The first-order chi connectivity index (χ1) is 11.8. The summed E-state index contributed by atoms with van der Waals surface area (Å²) < 4.78 is 32.6. The Morgan fingerprint density at radius 3 is 2.44 bits per heavy atom. The molecular weight excluding hydrogens is 340 g/mol. The molecule has 2 aromatic rings. The Kier molecular flexibility index (Phi) is 5.91. The molecule has 1 N–H and O–H groups in total. The molecule has 0 bridgehead atoms. The second kappa shape index (κ2) is 7.92. The molecule has 130 valence electrons. The van der Waals surface area contributed by atoms with Gasteiger partial charge >= 0.3 is 5.97 Å². The van der Waals surface area contributed by atoms with Crippen molar-refractivity contribution in [2.75, 3.05) is 0 Å². The molecular formula is C18H18N2O4S. The predicted molar refractivity (Wildman–Crippen MR) is 92.1 cm³/mol. The van der Waals surface area contributed by atoms with Crippen LogP contribution >= 0.6 is 0 Å². The Hall–Kier alpha value is -2.69. The molecule has 25 heavy (non-hydrogen) atoms. The minimum Gasteiger partial charge on any atom is -0.444 e. The van der Waals surface area contributed by atoms with E-state index in [-0.39, 0.29) is 10.5 Å². The van der Waals surface area contributed by atoms with Gasteiger partial charge in [-0.2, -0.15) is 5.26 Å². The Labute approximate surface area is 147 Å². The highest BCUT2D eigenvalue weighted by Crippen LogP contribution is 2.18. The summed E-state index contributed by atoms with van der Waals surface area (Å²) in [5.41, 5.74) is 0.891. The average molecular weight is 358 g/mol. The van der Waals surface area contributed by atoms with Crippen LogP contribution in [0.5, 0.6) is 0 Å². The Morgan fingerprint density at radius 2 is 1.80 bits per heavy atom. The highest BCUT2D eigenvalue weighted by molar-refractivity contribution is 7.89. The van der Waals surface area contributed by atoms with Crippen molar-refractivity contribution in [3.8, 4) is 6.07 Å². The van der Waals surface area contributed by atoms with E-state index >= 15 is 0 Å². The summed E-state index contributed by atoms with van der Waals surface area (Å²) in [5.74, 6) is -0.748. The number of carbonyl (C=O) groups is 1. The molecule has 0 aliphatic rings. The number of hydrogen-bond donors (Lipinski definition) is 1. The molecule has 0 fully saturated rings. The third-order valence-corrected chi connectivity index (χ3v) is 5.02. The van der Waals surface area contributed by atoms with Gasteiger partial charge < -0.3 is 4.74 Å². The van der Waals surface area contributed by atoms with Crippen molar-refractivity contribution in [3.05, 3.63) is 65.7 Å². The lowest BCUT2D eigenvalue weighted by atomic mass is 10.1. The smallest absolute Gasteiger partial charge is 0.339 e. The van der Waals surface area contributed by atoms with Crippen LogP contribution in [0, 0.1) is 11.3 Å². The minimum atomic E-state index is -3.82. The fraction of sp³-hybridized carbons (Fsp3) is 0.222. The number of nitriles is 1. The highest BCUT2D eigenvalue weighted by atomic mass is 32.2. The lowest BCUT2D eigenvalue weighted by molar-refractivity contribution is 0.0435. The molecule has 0 aliphatic carbocycles. The first-order valence-electron chi connectivity index (χ1n) is 7.61. The first kappa shape index (κ1) is 18.6. The number of carbonyl (C=O) groups excluding carboxylic acids is 1. The number of rotatable bonds is 6. The van der Waals surface area contributed by atoms with Gasteiger partial charge in [-0.05, 0) is 37.6 Å². The van der Waals surface area contributed by atoms with Crippen LogP contribution in [0.4, 0.5) is 0 Å². The molecule has 0 amide bonds. The Balaban J connectivity index is 2.21. The van der Waals surface area contributed by atoms with Crippen LogP contribution in [0.25, 0.3) is 0 Å². The predicted octanol–water partition coefficient (Wildman–Crippen LogP) is 2.79. The SMILES string of the molecule is C[C@H](NS(=O)(=O)c1cccc(C(=O)O[C@@H](C)C#N)c1)c1ccccc1. The van der Waals surface area contributed by atoms with Crippen molar-refractivity contribution < 1.29 is 17.9 Å². The highest BCUT2D eigenvalue weighted by Gasteiger charge is 2.20. The number of ether oxygens (including phenoxy) is 1. The maximum Gasteiger partial charge on any atom is 0.339 e. The van der Waals surface area contributed by atoms with Gasteiger partial charge in [0.25, 0.3) is 0 Å². The normalized spacial score (nSPS) is 13.5. The summed E-state index contributed by atoms with van der Waals surface area (Å²) in [6.45, 7) is 3.17. The molecule has 2 atom stereocenters. The minimum absolute atomic E-state index is 0.0469. The van der Waals surface area contributed by atoms with Crippen molar-refractivity contribution in [2.45, 2.75) is 30.9 Å². The largest absolute Gasteiger partial charge is 0.444 e. The third kappa shape index (κ3) is 4.89. The number of sulfonamides is 1. The number of benzene rings is 2. The Bertz CT molecular complexity index is 889. The zero-order valence-corrected chi connectivity index (χ0v) is 14.7. The van der Waals surface area contributed by atoms with E-state index in [1.165, 1.54) is 31.2 Å². The van der Waals surface area contributed by atoms with Crippen LogP contribution in [0.2, 0.25) is 0 Å². The quantitative estimate of drug-likeness (QED) is 0.801. The summed E-state index contributed by atoms with van der Waals surface area (Å²) in [6, 6.07) is 16.0. The molecule has 0 aromatic heterocycles. The molecule has 0 aliphatic heterocycles. The molecule has 0 spiro atoms. The monoisotopic (exact) mass is 358 g/mol. The first-order valence-corrected chi connectivity index (χ1v) is 9.10. The molecule has 7 heteroatoms. The Morgan fingerprint density at radius 1 is 1.12 bits per heavy atom. The molecule has 6 nitrogen and oxygen atoms in total. The third-order valence-electron chi connectivity index (χ3n) is 3.48. The lowest BCUT2D eigenvalue weighted by Gasteiger charge is -2.15. The molecule has 0 saturated heterocycles. The van der Waals surface area contributed by atoms with E-state index in [9.17, 15) is 13.2 Å². The molecule has 0 saturated carbocycles. The second-order valence-corrected chi connectivity index (χ2v) is 7.17. The van der Waals surface area contributed by atoms with E-state index in [1.54, 1.807) is 13.0 Å². The van der Waals surface area contributed by atoms with Crippen LogP contribution in [0.15, 0.2) is 59.5 Å². The maximum absolute atomic E-state index is 12.6. The number of hydrogen-bond acceptors (Lipinski definition) is 5. The van der Waals surface area contributed by atoms with Crippen LogP contribution in [-0.2, 0) is 14.8 Å². The molecule has 2 rings (SSSR count). The van der Waals surface area contributed by atoms with Gasteiger partial charge in [-0.1, -0.05) is 36.4 Å². The van der Waals surface area contributed by atoms with E-state index in [2.05, 4.69) is 4.72 Å². The topological polar surface area (TPSA) is 96.3 Å². The van der Waals surface area contributed by atoms with Crippen LogP contribution < -0.4 is 4.72 Å². The molecule has 0 radical (unpaired) electrons. The fourth-order valence-corrected chi connectivity index (χ4v) is 3.43. The standard InChI is InChI=1S/C18H18N2O4S/c1-13(12-19)24-18(21)16-9-6-10-17(11-16)25(22,23)20-14(2)15-7-4-3-5-8-15/h3-11,13-14,20H,1-2H3/t13-,14-/m0/s1. The van der Waals surface area contributed by atoms with Gasteiger partial charge in [-0.25, -0.2) is 17.9 Å². The summed E-state index contributed by atoms with van der Waals surface area (Å²) in [4.78, 5) is 11.9. The van der Waals surface area contributed by atoms with E-state index in [0.29, 0.717) is 0 Å².